The molecule has 0 saturated heterocycles. The lowest BCUT2D eigenvalue weighted by atomic mass is 9.95. The fourth-order valence-corrected chi connectivity index (χ4v) is 6.51. The van der Waals surface area contributed by atoms with Gasteiger partial charge in [0.05, 0.1) is 22.6 Å². The number of carboxylic acids is 1. The first-order valence-electron chi connectivity index (χ1n) is 13.3. The van der Waals surface area contributed by atoms with E-state index in [2.05, 4.69) is 16.7 Å². The number of aryl methyl sites for hydroxylation is 2. The number of hydrogen-bond acceptors (Lipinski definition) is 4. The summed E-state index contributed by atoms with van der Waals surface area (Å²) in [5, 5.41) is 15.0. The third-order valence-corrected chi connectivity index (χ3v) is 8.60. The van der Waals surface area contributed by atoms with Crippen LogP contribution in [0.5, 0.6) is 0 Å². The van der Waals surface area contributed by atoms with Crippen molar-refractivity contribution in [1.82, 2.24) is 9.78 Å². The highest BCUT2D eigenvalue weighted by Crippen LogP contribution is 2.36. The molecular formula is C30H34FN3O4S. The highest BCUT2D eigenvalue weighted by Gasteiger charge is 2.26. The minimum absolute atomic E-state index is 0.0378. The maximum Gasteiger partial charge on any atom is 0.335 e. The molecule has 9 heteroatoms. The number of carbonyl (C=O) groups is 1. The Morgan fingerprint density at radius 1 is 0.949 bits per heavy atom. The molecule has 7 nitrogen and oxygen atoms in total. The zero-order chi connectivity index (χ0) is 28.2. The first kappa shape index (κ1) is 28.3. The number of halogens is 1. The molecule has 0 amide bonds. The number of aromatic carboxylic acids is 1. The van der Waals surface area contributed by atoms with Crippen LogP contribution in [0.2, 0.25) is 0 Å². The zero-order valence-corrected chi connectivity index (χ0v) is 23.3. The number of nitrogens with zero attached hydrogens (tertiary/aromatic N) is 2. The number of fused-ring (bicyclic) bond motifs is 1. The summed E-state index contributed by atoms with van der Waals surface area (Å²) in [6.07, 6.45) is 6.80. The van der Waals surface area contributed by atoms with Crippen LogP contribution >= 0.6 is 0 Å². The highest BCUT2D eigenvalue weighted by molar-refractivity contribution is 7.92. The quantitative estimate of drug-likeness (QED) is 0.180. The van der Waals surface area contributed by atoms with Gasteiger partial charge in [-0.3, -0.25) is 9.40 Å². The van der Waals surface area contributed by atoms with E-state index >= 15 is 0 Å². The Morgan fingerprint density at radius 3 is 2.36 bits per heavy atom. The Kier molecular flexibility index (Phi) is 8.70. The van der Waals surface area contributed by atoms with Crippen molar-refractivity contribution in [3.8, 4) is 11.1 Å². The van der Waals surface area contributed by atoms with Crippen LogP contribution in [0.1, 0.15) is 67.2 Å². The fraction of sp³-hybridized carbons (Fsp3) is 0.333. The summed E-state index contributed by atoms with van der Waals surface area (Å²) in [4.78, 5) is 11.6. The van der Waals surface area contributed by atoms with E-state index in [1.807, 2.05) is 0 Å². The van der Waals surface area contributed by atoms with Crippen molar-refractivity contribution in [2.75, 3.05) is 4.72 Å². The molecule has 0 atom stereocenters. The van der Waals surface area contributed by atoms with Crippen molar-refractivity contribution >= 4 is 32.5 Å². The van der Waals surface area contributed by atoms with Crippen molar-refractivity contribution in [3.05, 3.63) is 77.4 Å². The van der Waals surface area contributed by atoms with Gasteiger partial charge in [-0.05, 0) is 55.5 Å². The monoisotopic (exact) mass is 551 g/mol. The van der Waals surface area contributed by atoms with Crippen LogP contribution in [0, 0.1) is 19.7 Å². The normalized spacial score (nSPS) is 11.7. The molecule has 0 unspecified atom stereocenters. The summed E-state index contributed by atoms with van der Waals surface area (Å²) in [6.45, 7) is 6.31. The summed E-state index contributed by atoms with van der Waals surface area (Å²) < 4.78 is 46.4. The summed E-state index contributed by atoms with van der Waals surface area (Å²) in [5.74, 6) is -1.73. The molecule has 0 bridgehead atoms. The van der Waals surface area contributed by atoms with E-state index in [9.17, 15) is 22.7 Å². The fourth-order valence-electron chi connectivity index (χ4n) is 5.01. The molecule has 0 radical (unpaired) electrons. The molecule has 0 aliphatic carbocycles. The second kappa shape index (κ2) is 12.0. The van der Waals surface area contributed by atoms with Gasteiger partial charge in [-0.25, -0.2) is 17.6 Å². The van der Waals surface area contributed by atoms with Crippen LogP contribution in [0.25, 0.3) is 21.9 Å². The van der Waals surface area contributed by atoms with Crippen molar-refractivity contribution < 1.29 is 22.7 Å². The maximum absolute atomic E-state index is 14.8. The first-order valence-corrected chi connectivity index (χ1v) is 14.7. The predicted octanol–water partition coefficient (Wildman–Crippen LogP) is 7.32. The number of sulfonamides is 1. The molecule has 3 aromatic carbocycles. The number of aromatic nitrogens is 2. The number of rotatable bonds is 12. The van der Waals surface area contributed by atoms with E-state index in [1.165, 1.54) is 31.4 Å². The van der Waals surface area contributed by atoms with Gasteiger partial charge in [-0.15, -0.1) is 0 Å². The Balaban J connectivity index is 1.65. The molecule has 4 rings (SSSR count). The molecule has 206 valence electrons. The van der Waals surface area contributed by atoms with Gasteiger partial charge in [0.1, 0.15) is 10.7 Å². The van der Waals surface area contributed by atoms with E-state index in [-0.39, 0.29) is 16.0 Å². The predicted molar refractivity (Wildman–Crippen MR) is 152 cm³/mol. The largest absolute Gasteiger partial charge is 0.478 e. The Labute approximate surface area is 228 Å². The van der Waals surface area contributed by atoms with Gasteiger partial charge in [0.2, 0.25) is 0 Å². The summed E-state index contributed by atoms with van der Waals surface area (Å²) in [5.41, 5.74) is 1.91. The number of anilines is 1. The maximum atomic E-state index is 14.8. The number of benzene rings is 3. The summed E-state index contributed by atoms with van der Waals surface area (Å²) in [6, 6.07) is 13.8. The van der Waals surface area contributed by atoms with E-state index in [0.717, 1.165) is 25.3 Å². The van der Waals surface area contributed by atoms with Crippen LogP contribution in [0.3, 0.4) is 0 Å². The van der Waals surface area contributed by atoms with Gasteiger partial charge in [-0.1, -0.05) is 69.4 Å². The molecule has 0 aliphatic rings. The van der Waals surface area contributed by atoms with Crippen molar-refractivity contribution in [1.29, 1.82) is 0 Å². The molecule has 0 fully saturated rings. The molecule has 4 aromatic rings. The molecule has 2 N–H and O–H groups in total. The third-order valence-electron chi connectivity index (χ3n) is 6.98. The smallest absolute Gasteiger partial charge is 0.335 e. The lowest BCUT2D eigenvalue weighted by Gasteiger charge is -2.15. The minimum Gasteiger partial charge on any atom is -0.478 e. The number of hydrogen-bond donors (Lipinski definition) is 2. The van der Waals surface area contributed by atoms with Crippen molar-refractivity contribution in [3.63, 3.8) is 0 Å². The third kappa shape index (κ3) is 6.14. The van der Waals surface area contributed by atoms with Crippen molar-refractivity contribution in [2.45, 2.75) is 70.7 Å². The van der Waals surface area contributed by atoms with Gasteiger partial charge in [-0.2, -0.15) is 5.10 Å². The van der Waals surface area contributed by atoms with E-state index in [1.54, 1.807) is 54.9 Å². The van der Waals surface area contributed by atoms with Crippen LogP contribution in [-0.2, 0) is 16.6 Å². The second-order valence-corrected chi connectivity index (χ2v) is 11.4. The Morgan fingerprint density at radius 2 is 1.64 bits per heavy atom. The molecule has 0 spiro atoms. The van der Waals surface area contributed by atoms with Gasteiger partial charge < -0.3 is 5.11 Å². The van der Waals surface area contributed by atoms with Crippen LogP contribution in [-0.4, -0.2) is 29.3 Å². The standard InChI is InChI=1S/C30H34FN3O4S/c1-4-5-6-7-8-11-18-34-21(3)29(20(2)32-34)39(37,38)33-28-17-15-24(23-12-9-10-13-25(23)28)26-19-22(30(35)36)14-16-27(26)31/h9-10,12-17,19,33H,4-8,11,18H2,1-3H3,(H,35,36). The molecular weight excluding hydrogens is 517 g/mol. The highest BCUT2D eigenvalue weighted by atomic mass is 32.2. The topological polar surface area (TPSA) is 101 Å². The lowest BCUT2D eigenvalue weighted by Crippen LogP contribution is -2.15. The summed E-state index contributed by atoms with van der Waals surface area (Å²) >= 11 is 0. The average Bonchev–Trinajstić information content (AvgIpc) is 3.19. The van der Waals surface area contributed by atoms with Crippen LogP contribution in [0.15, 0.2) is 59.5 Å². The minimum atomic E-state index is -3.98. The van der Waals surface area contributed by atoms with Gasteiger partial charge in [0, 0.05) is 17.5 Å². The van der Waals surface area contributed by atoms with Crippen LogP contribution in [0.4, 0.5) is 10.1 Å². The molecule has 1 aromatic heterocycles. The SMILES string of the molecule is CCCCCCCCn1nc(C)c(S(=O)(=O)Nc2ccc(-c3cc(C(=O)O)ccc3F)c3ccccc23)c1C. The number of nitrogens with one attached hydrogen (secondary N) is 1. The Hall–Kier alpha value is -3.72. The van der Waals surface area contributed by atoms with Gasteiger partial charge in [0.15, 0.2) is 0 Å². The van der Waals surface area contributed by atoms with E-state index in [0.29, 0.717) is 40.0 Å². The van der Waals surface area contributed by atoms with Crippen molar-refractivity contribution in [2.24, 2.45) is 0 Å². The second-order valence-electron chi connectivity index (χ2n) is 9.80. The lowest BCUT2D eigenvalue weighted by molar-refractivity contribution is 0.0697. The molecule has 0 aliphatic heterocycles. The number of carboxylic acid groups (broad SMARTS) is 1. The van der Waals surface area contributed by atoms with Gasteiger partial charge in [0.25, 0.3) is 10.0 Å². The number of unbranched alkanes of at least 4 members (excludes halogenated alkanes) is 5. The zero-order valence-electron chi connectivity index (χ0n) is 22.5. The summed E-state index contributed by atoms with van der Waals surface area (Å²) in [7, 11) is -3.98. The van der Waals surface area contributed by atoms with E-state index in [4.69, 9.17) is 0 Å². The average molecular weight is 552 g/mol. The molecule has 1 heterocycles. The van der Waals surface area contributed by atoms with E-state index < -0.39 is 21.8 Å². The Bertz CT molecular complexity index is 1610. The molecule has 0 saturated carbocycles. The van der Waals surface area contributed by atoms with Crippen LogP contribution < -0.4 is 4.72 Å². The first-order chi connectivity index (χ1) is 18.6. The van der Waals surface area contributed by atoms with Gasteiger partial charge >= 0.3 is 5.97 Å². The molecule has 39 heavy (non-hydrogen) atoms.